The largest absolute Gasteiger partial charge is 0.497 e. The zero-order valence-electron chi connectivity index (χ0n) is 11.8. The Kier molecular flexibility index (Phi) is 3.36. The molecule has 21 heavy (non-hydrogen) atoms. The second-order valence-corrected chi connectivity index (χ2v) is 4.55. The highest BCUT2D eigenvalue weighted by atomic mass is 16.5. The molecule has 0 fully saturated rings. The van der Waals surface area contributed by atoms with Crippen molar-refractivity contribution in [2.45, 2.75) is 0 Å². The molecule has 0 radical (unpaired) electrons. The number of ether oxygens (including phenoxy) is 2. The van der Waals surface area contributed by atoms with Crippen molar-refractivity contribution in [1.29, 1.82) is 0 Å². The van der Waals surface area contributed by atoms with Crippen molar-refractivity contribution in [2.24, 2.45) is 0 Å². The second kappa shape index (κ2) is 5.32. The Morgan fingerprint density at radius 3 is 2.38 bits per heavy atom. The van der Waals surface area contributed by atoms with E-state index in [1.54, 1.807) is 20.3 Å². The Morgan fingerprint density at radius 2 is 1.71 bits per heavy atom. The minimum atomic E-state index is -0.392. The van der Waals surface area contributed by atoms with Crippen LogP contribution in [0.5, 0.6) is 11.5 Å². The fourth-order valence-corrected chi connectivity index (χ4v) is 2.25. The fraction of sp³-hybridized carbons (Fsp3) is 0.118. The average molecular weight is 282 g/mol. The van der Waals surface area contributed by atoms with Crippen molar-refractivity contribution >= 4 is 11.0 Å². The van der Waals surface area contributed by atoms with Crippen LogP contribution in [0.25, 0.3) is 22.1 Å². The van der Waals surface area contributed by atoms with Gasteiger partial charge in [0.2, 0.25) is 0 Å². The Bertz CT molecular complexity index is 832. The van der Waals surface area contributed by atoms with E-state index in [2.05, 4.69) is 0 Å². The Hall–Kier alpha value is -2.75. The van der Waals surface area contributed by atoms with Gasteiger partial charge in [-0.2, -0.15) is 0 Å². The first-order valence-corrected chi connectivity index (χ1v) is 6.48. The summed E-state index contributed by atoms with van der Waals surface area (Å²) >= 11 is 0. The Labute approximate surface area is 121 Å². The molecule has 0 aliphatic heterocycles. The maximum absolute atomic E-state index is 12.2. The van der Waals surface area contributed by atoms with Crippen LogP contribution in [0.4, 0.5) is 0 Å². The minimum Gasteiger partial charge on any atom is -0.497 e. The van der Waals surface area contributed by atoms with Crippen LogP contribution < -0.4 is 15.1 Å². The van der Waals surface area contributed by atoms with Gasteiger partial charge in [0.05, 0.1) is 19.8 Å². The molecule has 0 aliphatic rings. The van der Waals surface area contributed by atoms with E-state index < -0.39 is 5.63 Å². The highest BCUT2D eigenvalue weighted by Crippen LogP contribution is 2.28. The van der Waals surface area contributed by atoms with Crippen molar-refractivity contribution in [1.82, 2.24) is 0 Å². The lowest BCUT2D eigenvalue weighted by Gasteiger charge is -2.06. The van der Waals surface area contributed by atoms with Crippen LogP contribution in [0.1, 0.15) is 0 Å². The van der Waals surface area contributed by atoms with Crippen molar-refractivity contribution in [3.63, 3.8) is 0 Å². The van der Waals surface area contributed by atoms with Gasteiger partial charge < -0.3 is 13.9 Å². The van der Waals surface area contributed by atoms with Gasteiger partial charge in [-0.25, -0.2) is 4.79 Å². The van der Waals surface area contributed by atoms with E-state index in [9.17, 15) is 4.79 Å². The number of hydrogen-bond acceptors (Lipinski definition) is 4. The first-order chi connectivity index (χ1) is 10.2. The molecule has 3 rings (SSSR count). The summed E-state index contributed by atoms with van der Waals surface area (Å²) in [6.07, 6.45) is 0. The van der Waals surface area contributed by atoms with E-state index >= 15 is 0 Å². The van der Waals surface area contributed by atoms with E-state index in [0.717, 1.165) is 16.7 Å². The average Bonchev–Trinajstić information content (AvgIpc) is 2.54. The normalized spacial score (nSPS) is 10.6. The summed E-state index contributed by atoms with van der Waals surface area (Å²) in [4.78, 5) is 12.2. The molecule has 106 valence electrons. The zero-order chi connectivity index (χ0) is 14.8. The Morgan fingerprint density at radius 1 is 0.952 bits per heavy atom. The van der Waals surface area contributed by atoms with Gasteiger partial charge in [0.15, 0.2) is 11.3 Å². The molecule has 4 heteroatoms. The van der Waals surface area contributed by atoms with Gasteiger partial charge in [0, 0.05) is 5.39 Å². The van der Waals surface area contributed by atoms with Crippen molar-refractivity contribution in [3.8, 4) is 22.6 Å². The topological polar surface area (TPSA) is 48.7 Å². The predicted octanol–water partition coefficient (Wildman–Crippen LogP) is 3.48. The van der Waals surface area contributed by atoms with Crippen LogP contribution >= 0.6 is 0 Å². The smallest absolute Gasteiger partial charge is 0.344 e. The molecule has 4 nitrogen and oxygen atoms in total. The predicted molar refractivity (Wildman–Crippen MR) is 81.0 cm³/mol. The van der Waals surface area contributed by atoms with Gasteiger partial charge in [0.1, 0.15) is 5.75 Å². The van der Waals surface area contributed by atoms with Gasteiger partial charge in [-0.05, 0) is 29.8 Å². The number of para-hydroxylation sites is 1. The van der Waals surface area contributed by atoms with Crippen LogP contribution in [0, 0.1) is 0 Å². The maximum Gasteiger partial charge on any atom is 0.344 e. The molecule has 0 unspecified atom stereocenters. The first-order valence-electron chi connectivity index (χ1n) is 6.48. The number of methoxy groups -OCH3 is 2. The monoisotopic (exact) mass is 282 g/mol. The highest BCUT2D eigenvalue weighted by Gasteiger charge is 2.10. The lowest BCUT2D eigenvalue weighted by molar-refractivity contribution is 0.407. The zero-order valence-corrected chi connectivity index (χ0v) is 11.8. The van der Waals surface area contributed by atoms with Crippen molar-refractivity contribution in [2.75, 3.05) is 14.2 Å². The standard InChI is InChI=1S/C17H14O4/c1-19-13-8-6-11(7-9-13)14-10-12-4-3-5-15(20-2)16(12)21-17(14)18/h3-10H,1-2H3. The third-order valence-corrected chi connectivity index (χ3v) is 3.34. The van der Waals surface area contributed by atoms with Gasteiger partial charge in [-0.15, -0.1) is 0 Å². The van der Waals surface area contributed by atoms with E-state index in [4.69, 9.17) is 13.9 Å². The number of fused-ring (bicyclic) bond motifs is 1. The SMILES string of the molecule is COc1ccc(-c2cc3cccc(OC)c3oc2=O)cc1. The molecule has 0 N–H and O–H groups in total. The molecule has 1 heterocycles. The van der Waals surface area contributed by atoms with Crippen molar-refractivity contribution in [3.05, 3.63) is 59.0 Å². The van der Waals surface area contributed by atoms with Gasteiger partial charge in [-0.1, -0.05) is 24.3 Å². The quantitative estimate of drug-likeness (QED) is 0.690. The highest BCUT2D eigenvalue weighted by molar-refractivity contribution is 5.86. The molecule has 1 aromatic heterocycles. The summed E-state index contributed by atoms with van der Waals surface area (Å²) in [5.41, 5.74) is 1.37. The summed E-state index contributed by atoms with van der Waals surface area (Å²) in [5, 5.41) is 0.819. The maximum atomic E-state index is 12.2. The first kappa shape index (κ1) is 13.2. The van der Waals surface area contributed by atoms with Crippen molar-refractivity contribution < 1.29 is 13.9 Å². The molecule has 3 aromatic rings. The van der Waals surface area contributed by atoms with Crippen LogP contribution in [0.3, 0.4) is 0 Å². The summed E-state index contributed by atoms with van der Waals surface area (Å²) in [7, 11) is 3.15. The molecule has 0 saturated carbocycles. The lowest BCUT2D eigenvalue weighted by Crippen LogP contribution is -2.03. The molecule has 0 aliphatic carbocycles. The Balaban J connectivity index is 2.19. The molecular formula is C17H14O4. The molecule has 0 atom stereocenters. The molecular weight excluding hydrogens is 268 g/mol. The molecule has 0 bridgehead atoms. The third-order valence-electron chi connectivity index (χ3n) is 3.34. The summed E-state index contributed by atoms with van der Waals surface area (Å²) < 4.78 is 15.7. The molecule has 2 aromatic carbocycles. The van der Waals surface area contributed by atoms with E-state index in [1.807, 2.05) is 42.5 Å². The van der Waals surface area contributed by atoms with Crippen LogP contribution in [0.2, 0.25) is 0 Å². The van der Waals surface area contributed by atoms with Crippen LogP contribution in [0.15, 0.2) is 57.7 Å². The van der Waals surface area contributed by atoms with E-state index in [-0.39, 0.29) is 0 Å². The number of hydrogen-bond donors (Lipinski definition) is 0. The van der Waals surface area contributed by atoms with E-state index in [1.165, 1.54) is 0 Å². The fourth-order valence-electron chi connectivity index (χ4n) is 2.25. The van der Waals surface area contributed by atoms with Gasteiger partial charge in [0.25, 0.3) is 0 Å². The lowest BCUT2D eigenvalue weighted by atomic mass is 10.1. The number of benzene rings is 2. The van der Waals surface area contributed by atoms with Gasteiger partial charge in [-0.3, -0.25) is 0 Å². The second-order valence-electron chi connectivity index (χ2n) is 4.55. The summed E-state index contributed by atoms with van der Waals surface area (Å²) in [5.74, 6) is 1.29. The van der Waals surface area contributed by atoms with Crippen LogP contribution in [-0.4, -0.2) is 14.2 Å². The van der Waals surface area contributed by atoms with Crippen LogP contribution in [-0.2, 0) is 0 Å². The van der Waals surface area contributed by atoms with Gasteiger partial charge >= 0.3 is 5.63 Å². The number of rotatable bonds is 3. The summed E-state index contributed by atoms with van der Waals surface area (Å²) in [6.45, 7) is 0. The molecule has 0 saturated heterocycles. The van der Waals surface area contributed by atoms with E-state index in [0.29, 0.717) is 16.9 Å². The minimum absolute atomic E-state index is 0.392. The molecule has 0 spiro atoms. The third kappa shape index (κ3) is 2.36. The summed E-state index contributed by atoms with van der Waals surface area (Å²) in [6, 6.07) is 14.6. The molecule has 0 amide bonds.